The standard InChI is InChI=1S/C15H19NO3S/c1-11(12-5-7-19-9-12)16-15(18)13-8-14(20-10-13)4-2-3-6-17/h8,10-12,17H,3,5-7,9H2,1H3,(H,16,18). The Kier molecular flexibility index (Phi) is 5.60. The first-order valence-electron chi connectivity index (χ1n) is 6.77. The molecule has 0 radical (unpaired) electrons. The van der Waals surface area contributed by atoms with Gasteiger partial charge in [-0.05, 0) is 19.4 Å². The number of nitrogens with one attached hydrogen (secondary N) is 1. The SMILES string of the molecule is CC(NC(=O)c1csc(C#CCCO)c1)C1CCOC1. The summed E-state index contributed by atoms with van der Waals surface area (Å²) in [5.41, 5.74) is 0.647. The van der Waals surface area contributed by atoms with Crippen molar-refractivity contribution >= 4 is 17.2 Å². The van der Waals surface area contributed by atoms with Crippen molar-refractivity contribution < 1.29 is 14.6 Å². The summed E-state index contributed by atoms with van der Waals surface area (Å²) in [7, 11) is 0. The van der Waals surface area contributed by atoms with Crippen molar-refractivity contribution in [3.8, 4) is 11.8 Å². The minimum absolute atomic E-state index is 0.0594. The lowest BCUT2D eigenvalue weighted by molar-refractivity contribution is 0.0922. The van der Waals surface area contributed by atoms with E-state index in [1.54, 1.807) is 6.07 Å². The Bertz CT molecular complexity index is 509. The van der Waals surface area contributed by atoms with Crippen molar-refractivity contribution in [3.05, 3.63) is 21.9 Å². The Balaban J connectivity index is 1.90. The number of aliphatic hydroxyl groups is 1. The first-order valence-corrected chi connectivity index (χ1v) is 7.65. The van der Waals surface area contributed by atoms with Gasteiger partial charge in [-0.2, -0.15) is 0 Å². The molecular weight excluding hydrogens is 274 g/mol. The summed E-state index contributed by atoms with van der Waals surface area (Å²) in [5.74, 6) is 6.13. The molecule has 1 fully saturated rings. The van der Waals surface area contributed by atoms with E-state index in [0.29, 0.717) is 17.9 Å². The first-order chi connectivity index (χ1) is 9.70. The molecule has 1 aromatic rings. The van der Waals surface area contributed by atoms with E-state index in [-0.39, 0.29) is 18.6 Å². The van der Waals surface area contributed by atoms with Crippen LogP contribution in [0.15, 0.2) is 11.4 Å². The topological polar surface area (TPSA) is 58.6 Å². The van der Waals surface area contributed by atoms with Crippen LogP contribution < -0.4 is 5.32 Å². The van der Waals surface area contributed by atoms with E-state index < -0.39 is 0 Å². The number of carbonyl (C=O) groups excluding carboxylic acids is 1. The molecule has 0 spiro atoms. The molecule has 5 heteroatoms. The molecule has 1 aliphatic heterocycles. The van der Waals surface area contributed by atoms with Crippen LogP contribution in [0.1, 0.15) is 35.0 Å². The van der Waals surface area contributed by atoms with Crippen molar-refractivity contribution in [1.29, 1.82) is 0 Å². The number of thiophene rings is 1. The average Bonchev–Trinajstić information content (AvgIpc) is 3.10. The Morgan fingerprint density at radius 1 is 1.70 bits per heavy atom. The number of hydrogen-bond donors (Lipinski definition) is 2. The summed E-state index contributed by atoms with van der Waals surface area (Å²) in [4.78, 5) is 13.0. The normalized spacial score (nSPS) is 19.2. The molecule has 0 saturated carbocycles. The summed E-state index contributed by atoms with van der Waals surface area (Å²) in [6.07, 6.45) is 1.46. The van der Waals surface area contributed by atoms with Gasteiger partial charge in [0.1, 0.15) is 0 Å². The van der Waals surface area contributed by atoms with Gasteiger partial charge in [0.15, 0.2) is 0 Å². The largest absolute Gasteiger partial charge is 0.395 e. The van der Waals surface area contributed by atoms with Crippen molar-refractivity contribution in [1.82, 2.24) is 5.32 Å². The molecule has 1 saturated heterocycles. The smallest absolute Gasteiger partial charge is 0.252 e. The lowest BCUT2D eigenvalue weighted by Crippen LogP contribution is -2.38. The van der Waals surface area contributed by atoms with Gasteiger partial charge in [-0.1, -0.05) is 11.8 Å². The monoisotopic (exact) mass is 293 g/mol. The molecular formula is C15H19NO3S. The molecule has 2 atom stereocenters. The van der Waals surface area contributed by atoms with Gasteiger partial charge in [0.2, 0.25) is 0 Å². The van der Waals surface area contributed by atoms with Gasteiger partial charge in [-0.15, -0.1) is 11.3 Å². The molecule has 2 N–H and O–H groups in total. The highest BCUT2D eigenvalue weighted by Crippen LogP contribution is 2.18. The highest BCUT2D eigenvalue weighted by atomic mass is 32.1. The number of rotatable bonds is 4. The van der Waals surface area contributed by atoms with Crippen LogP contribution >= 0.6 is 11.3 Å². The summed E-state index contributed by atoms with van der Waals surface area (Å²) < 4.78 is 5.34. The number of aliphatic hydroxyl groups excluding tert-OH is 1. The molecule has 108 valence electrons. The van der Waals surface area contributed by atoms with Crippen molar-refractivity contribution in [2.75, 3.05) is 19.8 Å². The van der Waals surface area contributed by atoms with E-state index in [1.807, 2.05) is 12.3 Å². The van der Waals surface area contributed by atoms with Gasteiger partial charge >= 0.3 is 0 Å². The summed E-state index contributed by atoms with van der Waals surface area (Å²) in [6.45, 7) is 3.59. The summed E-state index contributed by atoms with van der Waals surface area (Å²) in [5, 5.41) is 13.5. The third kappa shape index (κ3) is 4.07. The molecule has 0 aromatic carbocycles. The minimum atomic E-state index is -0.0594. The fourth-order valence-electron chi connectivity index (χ4n) is 2.08. The zero-order chi connectivity index (χ0) is 14.4. The van der Waals surface area contributed by atoms with Gasteiger partial charge in [0.05, 0.1) is 23.7 Å². The van der Waals surface area contributed by atoms with Crippen LogP contribution in [0, 0.1) is 17.8 Å². The molecule has 1 aliphatic rings. The highest BCUT2D eigenvalue weighted by molar-refractivity contribution is 7.10. The quantitative estimate of drug-likeness (QED) is 0.830. The van der Waals surface area contributed by atoms with Gasteiger partial charge in [0.25, 0.3) is 5.91 Å². The third-order valence-electron chi connectivity index (χ3n) is 3.34. The van der Waals surface area contributed by atoms with Gasteiger partial charge in [-0.25, -0.2) is 0 Å². The van der Waals surface area contributed by atoms with Gasteiger partial charge < -0.3 is 15.2 Å². The third-order valence-corrected chi connectivity index (χ3v) is 4.19. The molecule has 2 heterocycles. The zero-order valence-electron chi connectivity index (χ0n) is 11.5. The van der Waals surface area contributed by atoms with Crippen LogP contribution in [0.2, 0.25) is 0 Å². The van der Waals surface area contributed by atoms with E-state index in [0.717, 1.165) is 24.5 Å². The van der Waals surface area contributed by atoms with Crippen LogP contribution in [0.25, 0.3) is 0 Å². The Morgan fingerprint density at radius 3 is 3.25 bits per heavy atom. The van der Waals surface area contributed by atoms with Crippen LogP contribution in [-0.2, 0) is 4.74 Å². The predicted octanol–water partition coefficient (Wildman–Crippen LogP) is 1.64. The molecule has 20 heavy (non-hydrogen) atoms. The summed E-state index contributed by atoms with van der Waals surface area (Å²) in [6, 6.07) is 1.91. The Morgan fingerprint density at radius 2 is 2.55 bits per heavy atom. The van der Waals surface area contributed by atoms with Gasteiger partial charge in [0, 0.05) is 30.4 Å². The maximum atomic E-state index is 12.1. The number of carbonyl (C=O) groups is 1. The molecule has 4 nitrogen and oxygen atoms in total. The van der Waals surface area contributed by atoms with E-state index in [4.69, 9.17) is 9.84 Å². The number of hydrogen-bond acceptors (Lipinski definition) is 4. The molecule has 2 rings (SSSR count). The second kappa shape index (κ2) is 7.44. The molecule has 2 unspecified atom stereocenters. The Hall–Kier alpha value is -1.35. The van der Waals surface area contributed by atoms with Crippen LogP contribution in [0.5, 0.6) is 0 Å². The van der Waals surface area contributed by atoms with E-state index in [1.165, 1.54) is 11.3 Å². The van der Waals surface area contributed by atoms with Crippen LogP contribution in [-0.4, -0.2) is 36.9 Å². The van der Waals surface area contributed by atoms with Gasteiger partial charge in [-0.3, -0.25) is 4.79 Å². The maximum absolute atomic E-state index is 12.1. The van der Waals surface area contributed by atoms with Crippen molar-refractivity contribution in [2.45, 2.75) is 25.8 Å². The second-order valence-electron chi connectivity index (χ2n) is 4.86. The fraction of sp³-hybridized carbons (Fsp3) is 0.533. The lowest BCUT2D eigenvalue weighted by Gasteiger charge is -2.18. The second-order valence-corrected chi connectivity index (χ2v) is 5.77. The van der Waals surface area contributed by atoms with E-state index in [2.05, 4.69) is 17.2 Å². The van der Waals surface area contributed by atoms with Crippen molar-refractivity contribution in [2.24, 2.45) is 5.92 Å². The summed E-state index contributed by atoms with van der Waals surface area (Å²) >= 11 is 1.45. The number of ether oxygens (including phenoxy) is 1. The van der Waals surface area contributed by atoms with Crippen LogP contribution in [0.3, 0.4) is 0 Å². The van der Waals surface area contributed by atoms with E-state index >= 15 is 0 Å². The van der Waals surface area contributed by atoms with E-state index in [9.17, 15) is 4.79 Å². The first kappa shape index (κ1) is 15.0. The van der Waals surface area contributed by atoms with Crippen LogP contribution in [0.4, 0.5) is 0 Å². The molecule has 0 aliphatic carbocycles. The Labute approximate surface area is 123 Å². The highest BCUT2D eigenvalue weighted by Gasteiger charge is 2.24. The minimum Gasteiger partial charge on any atom is -0.395 e. The fourth-order valence-corrected chi connectivity index (χ4v) is 2.84. The predicted molar refractivity (Wildman–Crippen MR) is 78.8 cm³/mol. The lowest BCUT2D eigenvalue weighted by atomic mass is 10.0. The van der Waals surface area contributed by atoms with Crippen molar-refractivity contribution in [3.63, 3.8) is 0 Å². The average molecular weight is 293 g/mol. The maximum Gasteiger partial charge on any atom is 0.252 e. The number of amides is 1. The zero-order valence-corrected chi connectivity index (χ0v) is 12.3. The molecule has 1 aromatic heterocycles. The molecule has 0 bridgehead atoms. The molecule has 1 amide bonds.